The van der Waals surface area contributed by atoms with Gasteiger partial charge in [0.1, 0.15) is 5.82 Å². The number of rotatable bonds is 5. The average Bonchev–Trinajstić information content (AvgIpc) is 2.91. The Morgan fingerprint density at radius 1 is 0.930 bits per heavy atom. The van der Waals surface area contributed by atoms with Crippen molar-refractivity contribution in [1.29, 1.82) is 0 Å². The number of piperidine rings is 1. The van der Waals surface area contributed by atoms with Crippen LogP contribution in [-0.2, 0) is 28.5 Å². The molecular weight excluding hydrogens is 603 g/mol. The van der Waals surface area contributed by atoms with Crippen molar-refractivity contribution in [3.05, 3.63) is 70.0 Å². The van der Waals surface area contributed by atoms with E-state index in [1.165, 1.54) is 19.2 Å². The zero-order valence-corrected chi connectivity index (χ0v) is 24.6. The van der Waals surface area contributed by atoms with E-state index in [9.17, 15) is 40.3 Å². The minimum atomic E-state index is -5.01. The van der Waals surface area contributed by atoms with E-state index >= 15 is 0 Å². The fraction of sp³-hybridized carbons (Fsp3) is 0.533. The van der Waals surface area contributed by atoms with Crippen molar-refractivity contribution in [2.45, 2.75) is 69.9 Å². The smallest absolute Gasteiger partial charge is 0.342 e. The molecule has 2 fully saturated rings. The third-order valence-corrected chi connectivity index (χ3v) is 8.44. The quantitative estimate of drug-likeness (QED) is 0.371. The Bertz CT molecular complexity index is 1280. The maximum Gasteiger partial charge on any atom is 0.416 e. The molecular formula is C30H35ClF7N3O2. The summed E-state index contributed by atoms with van der Waals surface area (Å²) in [5, 5.41) is 0. The van der Waals surface area contributed by atoms with Gasteiger partial charge in [0, 0.05) is 50.5 Å². The van der Waals surface area contributed by atoms with Crippen LogP contribution in [0.2, 0.25) is 0 Å². The Hall–Kier alpha value is -2.86. The second kappa shape index (κ2) is 13.4. The van der Waals surface area contributed by atoms with Crippen LogP contribution < -0.4 is 5.73 Å². The molecule has 1 heterocycles. The molecule has 2 aliphatic rings. The van der Waals surface area contributed by atoms with E-state index in [2.05, 4.69) is 0 Å². The Balaban J connectivity index is 0.00000506. The molecule has 1 saturated carbocycles. The SMILES string of the molecule is Cc1cc(F)ccc1[C@@H]1CN(C(=O)C2CCC(N)CC2)CC[C@H]1C(=O)N(C)Cc1cc(C(F)(F)F)cc(C(F)(F)F)c1.Cl. The highest BCUT2D eigenvalue weighted by atomic mass is 35.5. The second-order valence-electron chi connectivity index (χ2n) is 11.5. The van der Waals surface area contributed by atoms with Crippen LogP contribution in [0.3, 0.4) is 0 Å². The van der Waals surface area contributed by atoms with Crippen LogP contribution in [0, 0.1) is 24.6 Å². The van der Waals surface area contributed by atoms with E-state index in [1.54, 1.807) is 17.9 Å². The molecule has 0 bridgehead atoms. The number of nitrogens with zero attached hydrogens (tertiary/aromatic N) is 2. The van der Waals surface area contributed by atoms with Crippen molar-refractivity contribution in [3.8, 4) is 0 Å². The Kier molecular flexibility index (Phi) is 10.8. The van der Waals surface area contributed by atoms with Crippen LogP contribution in [0.4, 0.5) is 30.7 Å². The molecule has 1 aliphatic carbocycles. The van der Waals surface area contributed by atoms with Gasteiger partial charge in [0.05, 0.1) is 11.1 Å². The minimum Gasteiger partial charge on any atom is -0.342 e. The summed E-state index contributed by atoms with van der Waals surface area (Å²) in [5.74, 6) is -2.44. The summed E-state index contributed by atoms with van der Waals surface area (Å²) >= 11 is 0. The van der Waals surface area contributed by atoms with Crippen molar-refractivity contribution >= 4 is 24.2 Å². The molecule has 4 rings (SSSR count). The first kappa shape index (κ1) is 34.6. The maximum absolute atomic E-state index is 13.9. The average molecular weight is 638 g/mol. The van der Waals surface area contributed by atoms with Gasteiger partial charge >= 0.3 is 12.4 Å². The number of amides is 2. The van der Waals surface area contributed by atoms with Crippen LogP contribution >= 0.6 is 12.4 Å². The molecule has 2 amide bonds. The topological polar surface area (TPSA) is 66.6 Å². The molecule has 5 nitrogen and oxygen atoms in total. The van der Waals surface area contributed by atoms with Crippen LogP contribution in [0.25, 0.3) is 0 Å². The van der Waals surface area contributed by atoms with E-state index in [0.29, 0.717) is 36.1 Å². The van der Waals surface area contributed by atoms with Gasteiger partial charge in [0.25, 0.3) is 0 Å². The number of hydrogen-bond acceptors (Lipinski definition) is 3. The van der Waals surface area contributed by atoms with E-state index in [0.717, 1.165) is 17.7 Å². The molecule has 13 heteroatoms. The number of carbonyl (C=O) groups is 2. The van der Waals surface area contributed by atoms with Gasteiger partial charge in [0.15, 0.2) is 0 Å². The van der Waals surface area contributed by atoms with Crippen molar-refractivity contribution in [1.82, 2.24) is 9.80 Å². The van der Waals surface area contributed by atoms with E-state index in [1.807, 2.05) is 0 Å². The number of benzene rings is 2. The summed E-state index contributed by atoms with van der Waals surface area (Å²) in [6, 6.07) is 5.47. The van der Waals surface area contributed by atoms with Gasteiger partial charge in [-0.2, -0.15) is 26.3 Å². The summed E-state index contributed by atoms with van der Waals surface area (Å²) in [7, 11) is 1.33. The summed E-state index contributed by atoms with van der Waals surface area (Å²) in [4.78, 5) is 30.0. The lowest BCUT2D eigenvalue weighted by atomic mass is 9.77. The van der Waals surface area contributed by atoms with Gasteiger partial charge in [-0.05, 0) is 86.1 Å². The first-order chi connectivity index (χ1) is 19.5. The minimum absolute atomic E-state index is 0. The molecule has 2 atom stereocenters. The fourth-order valence-corrected chi connectivity index (χ4v) is 6.19. The Labute approximate surface area is 252 Å². The fourth-order valence-electron chi connectivity index (χ4n) is 6.19. The molecule has 0 radical (unpaired) electrons. The zero-order chi connectivity index (χ0) is 31.0. The molecule has 0 aromatic heterocycles. The lowest BCUT2D eigenvalue weighted by Crippen LogP contribution is -2.49. The summed E-state index contributed by atoms with van der Waals surface area (Å²) < 4.78 is 94.2. The first-order valence-corrected chi connectivity index (χ1v) is 13.9. The van der Waals surface area contributed by atoms with Gasteiger partial charge in [-0.25, -0.2) is 4.39 Å². The normalized spacial score (nSPS) is 23.0. The maximum atomic E-state index is 13.9. The third-order valence-electron chi connectivity index (χ3n) is 8.44. The molecule has 0 unspecified atom stereocenters. The van der Waals surface area contributed by atoms with Crippen LogP contribution in [0.1, 0.15) is 65.8 Å². The highest BCUT2D eigenvalue weighted by Gasteiger charge is 2.41. The van der Waals surface area contributed by atoms with Crippen LogP contribution in [-0.4, -0.2) is 47.8 Å². The molecule has 0 spiro atoms. The predicted molar refractivity (Wildman–Crippen MR) is 149 cm³/mol. The molecule has 1 aliphatic heterocycles. The number of alkyl halides is 6. The summed E-state index contributed by atoms with van der Waals surface area (Å²) in [6.45, 7) is 1.65. The van der Waals surface area contributed by atoms with Crippen molar-refractivity contribution < 1.29 is 40.3 Å². The van der Waals surface area contributed by atoms with Gasteiger partial charge in [-0.15, -0.1) is 12.4 Å². The number of aryl methyl sites for hydroxylation is 1. The molecule has 2 aromatic rings. The number of hydrogen-bond donors (Lipinski definition) is 1. The number of halogens is 8. The molecule has 2 aromatic carbocycles. The van der Waals surface area contributed by atoms with Gasteiger partial charge in [-0.1, -0.05) is 6.07 Å². The molecule has 1 saturated heterocycles. The largest absolute Gasteiger partial charge is 0.416 e. The summed E-state index contributed by atoms with van der Waals surface area (Å²) in [5.41, 5.74) is 4.00. The monoisotopic (exact) mass is 637 g/mol. The Morgan fingerprint density at radius 3 is 2.05 bits per heavy atom. The molecule has 2 N–H and O–H groups in total. The van der Waals surface area contributed by atoms with Crippen LogP contribution in [0.5, 0.6) is 0 Å². The zero-order valence-electron chi connectivity index (χ0n) is 23.8. The van der Waals surface area contributed by atoms with Gasteiger partial charge in [-0.3, -0.25) is 9.59 Å². The number of nitrogens with two attached hydrogens (primary N) is 1. The standard InChI is InChI=1S/C30H34F7N3O2.ClH/c1-17-11-22(31)5-8-24(17)26-16-40(27(41)19-3-6-23(38)7-4-19)10-9-25(26)28(42)39(2)15-18-12-20(29(32,33)34)14-21(13-18)30(35,36)37;/h5,8,11-14,19,23,25-26H,3-4,6-7,9-10,15-16,38H2,1-2H3;1H/t19?,23?,25-,26+;/m1./s1. The summed E-state index contributed by atoms with van der Waals surface area (Å²) in [6.07, 6.45) is -6.97. The lowest BCUT2D eigenvalue weighted by molar-refractivity contribution is -0.144. The van der Waals surface area contributed by atoms with Crippen molar-refractivity contribution in [2.75, 3.05) is 20.1 Å². The second-order valence-corrected chi connectivity index (χ2v) is 11.5. The van der Waals surface area contributed by atoms with Crippen molar-refractivity contribution in [2.24, 2.45) is 17.6 Å². The van der Waals surface area contributed by atoms with E-state index in [4.69, 9.17) is 5.73 Å². The van der Waals surface area contributed by atoms with Crippen LogP contribution in [0.15, 0.2) is 36.4 Å². The molecule has 238 valence electrons. The third kappa shape index (κ3) is 8.20. The van der Waals surface area contributed by atoms with Crippen molar-refractivity contribution in [3.63, 3.8) is 0 Å². The van der Waals surface area contributed by atoms with E-state index in [-0.39, 0.29) is 61.4 Å². The number of likely N-dealkylation sites (tertiary alicyclic amines) is 1. The Morgan fingerprint density at radius 2 is 1.51 bits per heavy atom. The van der Waals surface area contributed by atoms with E-state index < -0.39 is 53.6 Å². The highest BCUT2D eigenvalue weighted by Crippen LogP contribution is 2.39. The predicted octanol–water partition coefficient (Wildman–Crippen LogP) is 6.70. The first-order valence-electron chi connectivity index (χ1n) is 13.9. The van der Waals surface area contributed by atoms with Gasteiger partial charge < -0.3 is 15.5 Å². The van der Waals surface area contributed by atoms with Gasteiger partial charge in [0.2, 0.25) is 11.8 Å². The molecule has 43 heavy (non-hydrogen) atoms. The number of carbonyl (C=O) groups excluding carboxylic acids is 2. The lowest BCUT2D eigenvalue weighted by Gasteiger charge is -2.41. The highest BCUT2D eigenvalue weighted by molar-refractivity contribution is 5.85.